The molecule has 1 amide bonds. The molecule has 0 spiro atoms. The highest BCUT2D eigenvalue weighted by atomic mass is 35.5. The molecular formula is C21H31ClN4OS. The number of anilines is 2. The number of nitrogens with zero attached hydrogens (tertiary/aromatic N) is 1. The molecule has 1 fully saturated rings. The van der Waals surface area contributed by atoms with Crippen LogP contribution in [-0.4, -0.2) is 30.0 Å². The van der Waals surface area contributed by atoms with Crippen molar-refractivity contribution in [1.82, 2.24) is 10.3 Å². The highest BCUT2D eigenvalue weighted by Gasteiger charge is 2.19. The minimum atomic E-state index is -0.0976. The monoisotopic (exact) mass is 422 g/mol. The second-order valence-corrected chi connectivity index (χ2v) is 8.76. The van der Waals surface area contributed by atoms with Gasteiger partial charge < -0.3 is 10.6 Å². The first kappa shape index (κ1) is 22.7. The minimum absolute atomic E-state index is 0. The number of aromatic nitrogens is 1. The summed E-state index contributed by atoms with van der Waals surface area (Å²) >= 11 is 1.60. The van der Waals surface area contributed by atoms with Crippen molar-refractivity contribution in [3.63, 3.8) is 0 Å². The summed E-state index contributed by atoms with van der Waals surface area (Å²) in [4.78, 5) is 18.5. The molecule has 28 heavy (non-hydrogen) atoms. The van der Waals surface area contributed by atoms with Gasteiger partial charge in [-0.05, 0) is 69.3 Å². The summed E-state index contributed by atoms with van der Waals surface area (Å²) in [7, 11) is 0. The SMILES string of the molecule is Cc1c(NC(C)C(C)C)cccc1C(=O)Nc1ncc(C2CCNCC2)s1.Cl. The zero-order valence-corrected chi connectivity index (χ0v) is 18.7. The van der Waals surface area contributed by atoms with E-state index in [9.17, 15) is 4.79 Å². The molecule has 0 aliphatic carbocycles. The van der Waals surface area contributed by atoms with Gasteiger partial charge in [-0.3, -0.25) is 10.1 Å². The molecule has 1 aromatic heterocycles. The van der Waals surface area contributed by atoms with E-state index < -0.39 is 0 Å². The predicted octanol–water partition coefficient (Wildman–Crippen LogP) is 5.05. The van der Waals surface area contributed by atoms with Gasteiger partial charge in [0.2, 0.25) is 0 Å². The maximum atomic E-state index is 12.8. The fourth-order valence-electron chi connectivity index (χ4n) is 3.25. The van der Waals surface area contributed by atoms with Crippen LogP contribution in [0.3, 0.4) is 0 Å². The van der Waals surface area contributed by atoms with Crippen molar-refractivity contribution < 1.29 is 4.79 Å². The van der Waals surface area contributed by atoms with Gasteiger partial charge in [-0.25, -0.2) is 4.98 Å². The third-order valence-corrected chi connectivity index (χ3v) is 6.52. The second kappa shape index (κ2) is 10.2. The van der Waals surface area contributed by atoms with Gasteiger partial charge in [0.25, 0.3) is 5.91 Å². The van der Waals surface area contributed by atoms with Gasteiger partial charge >= 0.3 is 0 Å². The van der Waals surface area contributed by atoms with Crippen LogP contribution in [0.1, 0.15) is 60.3 Å². The van der Waals surface area contributed by atoms with Gasteiger partial charge in [0.1, 0.15) is 0 Å². The summed E-state index contributed by atoms with van der Waals surface area (Å²) in [6.07, 6.45) is 4.19. The van der Waals surface area contributed by atoms with Crippen molar-refractivity contribution in [3.05, 3.63) is 40.4 Å². The van der Waals surface area contributed by atoms with Crippen molar-refractivity contribution in [2.75, 3.05) is 23.7 Å². The molecule has 1 aromatic carbocycles. The standard InChI is InChI=1S/C21H30N4OS.ClH/c1-13(2)15(4)24-18-7-5-6-17(14(18)3)20(26)25-21-23-12-19(27-21)16-8-10-22-11-9-16;/h5-7,12-13,15-16,22,24H,8-11H2,1-4H3,(H,23,25,26);1H. The Balaban J connectivity index is 0.00000280. The van der Waals surface area contributed by atoms with Gasteiger partial charge in [-0.1, -0.05) is 19.9 Å². The van der Waals surface area contributed by atoms with Gasteiger partial charge in [-0.15, -0.1) is 23.7 Å². The summed E-state index contributed by atoms with van der Waals surface area (Å²) in [5, 5.41) is 10.6. The van der Waals surface area contributed by atoms with E-state index in [1.165, 1.54) is 4.88 Å². The summed E-state index contributed by atoms with van der Waals surface area (Å²) in [6, 6.07) is 6.17. The largest absolute Gasteiger partial charge is 0.382 e. The molecule has 1 atom stereocenters. The quantitative estimate of drug-likeness (QED) is 0.609. The van der Waals surface area contributed by atoms with E-state index in [1.807, 2.05) is 31.3 Å². The zero-order valence-electron chi connectivity index (χ0n) is 17.0. The molecule has 0 bridgehead atoms. The molecule has 1 unspecified atom stereocenters. The van der Waals surface area contributed by atoms with Crippen LogP contribution in [0.4, 0.5) is 10.8 Å². The Bertz CT molecular complexity index is 786. The van der Waals surface area contributed by atoms with Crippen LogP contribution < -0.4 is 16.0 Å². The van der Waals surface area contributed by atoms with Crippen LogP contribution in [-0.2, 0) is 0 Å². The molecule has 7 heteroatoms. The van der Waals surface area contributed by atoms with Gasteiger partial charge in [0.05, 0.1) is 0 Å². The number of carbonyl (C=O) groups excluding carboxylic acids is 1. The first-order valence-electron chi connectivity index (χ1n) is 9.79. The van der Waals surface area contributed by atoms with Crippen molar-refractivity contribution >= 4 is 40.5 Å². The molecule has 1 aliphatic heterocycles. The van der Waals surface area contributed by atoms with E-state index in [2.05, 4.69) is 41.7 Å². The van der Waals surface area contributed by atoms with E-state index in [1.54, 1.807) is 11.3 Å². The molecule has 2 heterocycles. The fraction of sp³-hybridized carbons (Fsp3) is 0.524. The number of thiazole rings is 1. The van der Waals surface area contributed by atoms with Crippen molar-refractivity contribution in [1.29, 1.82) is 0 Å². The number of carbonyl (C=O) groups is 1. The van der Waals surface area contributed by atoms with Gasteiger partial charge in [0, 0.05) is 28.4 Å². The minimum Gasteiger partial charge on any atom is -0.382 e. The molecular weight excluding hydrogens is 392 g/mol. The predicted molar refractivity (Wildman–Crippen MR) is 121 cm³/mol. The lowest BCUT2D eigenvalue weighted by atomic mass is 9.97. The molecule has 1 aliphatic rings. The Kier molecular flexibility index (Phi) is 8.28. The number of rotatable bonds is 6. The Labute approximate surface area is 178 Å². The van der Waals surface area contributed by atoms with E-state index in [0.717, 1.165) is 37.2 Å². The molecule has 5 nitrogen and oxygen atoms in total. The maximum Gasteiger partial charge on any atom is 0.257 e. The molecule has 0 radical (unpaired) electrons. The number of halogens is 1. The number of hydrogen-bond acceptors (Lipinski definition) is 5. The average molecular weight is 423 g/mol. The van der Waals surface area contributed by atoms with Crippen LogP contribution in [0.15, 0.2) is 24.4 Å². The van der Waals surface area contributed by atoms with Gasteiger partial charge in [-0.2, -0.15) is 0 Å². The Morgan fingerprint density at radius 2 is 1.96 bits per heavy atom. The molecule has 1 saturated heterocycles. The molecule has 2 aromatic rings. The Morgan fingerprint density at radius 3 is 2.64 bits per heavy atom. The number of benzene rings is 1. The highest BCUT2D eigenvalue weighted by molar-refractivity contribution is 7.15. The van der Waals surface area contributed by atoms with Crippen molar-refractivity contribution in [2.45, 2.75) is 52.5 Å². The summed E-state index contributed by atoms with van der Waals surface area (Å²) in [5.41, 5.74) is 2.67. The van der Waals surface area contributed by atoms with E-state index in [4.69, 9.17) is 0 Å². The van der Waals surface area contributed by atoms with E-state index in [0.29, 0.717) is 28.6 Å². The molecule has 3 N–H and O–H groups in total. The molecule has 154 valence electrons. The van der Waals surface area contributed by atoms with Crippen LogP contribution >= 0.6 is 23.7 Å². The number of hydrogen-bond donors (Lipinski definition) is 3. The number of piperidine rings is 1. The summed E-state index contributed by atoms with van der Waals surface area (Å²) in [6.45, 7) is 10.6. The lowest BCUT2D eigenvalue weighted by molar-refractivity contribution is 0.102. The first-order valence-corrected chi connectivity index (χ1v) is 10.6. The Hall–Kier alpha value is -1.63. The normalized spacial score (nSPS) is 15.8. The van der Waals surface area contributed by atoms with Crippen LogP contribution in [0, 0.1) is 12.8 Å². The van der Waals surface area contributed by atoms with Gasteiger partial charge in [0.15, 0.2) is 5.13 Å². The van der Waals surface area contributed by atoms with Crippen LogP contribution in [0.25, 0.3) is 0 Å². The lowest BCUT2D eigenvalue weighted by Gasteiger charge is -2.21. The zero-order chi connectivity index (χ0) is 19.4. The van der Waals surface area contributed by atoms with Crippen LogP contribution in [0.5, 0.6) is 0 Å². The summed E-state index contributed by atoms with van der Waals surface area (Å²) in [5.74, 6) is 0.978. The molecule has 0 saturated carbocycles. The number of amides is 1. The highest BCUT2D eigenvalue weighted by Crippen LogP contribution is 2.32. The first-order chi connectivity index (χ1) is 13.0. The lowest BCUT2D eigenvalue weighted by Crippen LogP contribution is -2.26. The molecule has 3 rings (SSSR count). The Morgan fingerprint density at radius 1 is 1.25 bits per heavy atom. The third kappa shape index (κ3) is 5.46. The smallest absolute Gasteiger partial charge is 0.257 e. The second-order valence-electron chi connectivity index (χ2n) is 7.70. The van der Waals surface area contributed by atoms with E-state index in [-0.39, 0.29) is 18.3 Å². The summed E-state index contributed by atoms with van der Waals surface area (Å²) < 4.78 is 0. The maximum absolute atomic E-state index is 12.8. The topological polar surface area (TPSA) is 66.0 Å². The fourth-order valence-corrected chi connectivity index (χ4v) is 4.23. The van der Waals surface area contributed by atoms with E-state index >= 15 is 0 Å². The average Bonchev–Trinajstić information content (AvgIpc) is 3.12. The third-order valence-electron chi connectivity index (χ3n) is 5.45. The van der Waals surface area contributed by atoms with Crippen molar-refractivity contribution in [2.24, 2.45) is 5.92 Å². The van der Waals surface area contributed by atoms with Crippen LogP contribution in [0.2, 0.25) is 0 Å². The number of nitrogens with one attached hydrogen (secondary N) is 3. The van der Waals surface area contributed by atoms with Crippen molar-refractivity contribution in [3.8, 4) is 0 Å².